The molecule has 0 saturated carbocycles. The van der Waals surface area contributed by atoms with Crippen LogP contribution in [0.4, 0.5) is 4.39 Å². The third-order valence-electron chi connectivity index (χ3n) is 5.31. The number of carbonyl (C=O) groups is 1. The third-order valence-corrected chi connectivity index (χ3v) is 5.31. The predicted molar refractivity (Wildman–Crippen MR) is 102 cm³/mol. The minimum absolute atomic E-state index is 0.0848. The van der Waals surface area contributed by atoms with E-state index in [1.807, 2.05) is 29.8 Å². The van der Waals surface area contributed by atoms with E-state index >= 15 is 0 Å². The molecule has 1 amide bonds. The summed E-state index contributed by atoms with van der Waals surface area (Å²) >= 11 is 0. The Morgan fingerprint density at radius 1 is 1.22 bits per heavy atom. The molecule has 1 N–H and O–H groups in total. The molecular formula is C22H22FN3O. The number of aryl methyl sites for hydroxylation is 2. The van der Waals surface area contributed by atoms with Crippen LogP contribution in [0.1, 0.15) is 47.3 Å². The molecular weight excluding hydrogens is 341 g/mol. The van der Waals surface area contributed by atoms with E-state index in [0.29, 0.717) is 11.4 Å². The molecule has 0 spiro atoms. The topological polar surface area (TPSA) is 46.9 Å². The molecule has 0 fully saturated rings. The van der Waals surface area contributed by atoms with Gasteiger partial charge in [0.2, 0.25) is 5.91 Å². The summed E-state index contributed by atoms with van der Waals surface area (Å²) in [7, 11) is 1.85. The van der Waals surface area contributed by atoms with Gasteiger partial charge in [-0.1, -0.05) is 42.5 Å². The van der Waals surface area contributed by atoms with E-state index in [2.05, 4.69) is 16.4 Å². The van der Waals surface area contributed by atoms with Gasteiger partial charge in [-0.05, 0) is 36.5 Å². The number of hydrogen-bond donors (Lipinski definition) is 1. The molecule has 138 valence electrons. The molecule has 27 heavy (non-hydrogen) atoms. The number of benzene rings is 2. The first kappa shape index (κ1) is 17.5. The van der Waals surface area contributed by atoms with Crippen LogP contribution >= 0.6 is 0 Å². The zero-order valence-corrected chi connectivity index (χ0v) is 15.2. The van der Waals surface area contributed by atoms with E-state index in [1.165, 1.54) is 11.6 Å². The van der Waals surface area contributed by atoms with Crippen LogP contribution in [-0.2, 0) is 18.3 Å². The summed E-state index contributed by atoms with van der Waals surface area (Å²) in [6.07, 6.45) is 6.22. The average molecular weight is 363 g/mol. The molecule has 4 rings (SSSR count). The van der Waals surface area contributed by atoms with Crippen LogP contribution in [0.15, 0.2) is 60.9 Å². The van der Waals surface area contributed by atoms with Crippen molar-refractivity contribution in [2.45, 2.75) is 31.2 Å². The van der Waals surface area contributed by atoms with Crippen LogP contribution in [0.5, 0.6) is 0 Å². The highest BCUT2D eigenvalue weighted by Crippen LogP contribution is 2.33. The Bertz CT molecular complexity index is 965. The van der Waals surface area contributed by atoms with Gasteiger partial charge in [0.05, 0.1) is 5.92 Å². The van der Waals surface area contributed by atoms with Gasteiger partial charge in [0.15, 0.2) is 0 Å². The second kappa shape index (κ2) is 7.35. The Balaban J connectivity index is 1.68. The third kappa shape index (κ3) is 3.37. The van der Waals surface area contributed by atoms with Crippen LogP contribution < -0.4 is 5.32 Å². The fraction of sp³-hybridized carbons (Fsp3) is 0.273. The standard InChI is InChI=1S/C22H22FN3O/c1-26-14-13-24-21(26)20(18-10-4-5-12-19(18)23)25-22(27)17-11-6-8-15-7-2-3-9-16(15)17/h2-5,7,9-10,12-14,17,20H,6,8,11H2,1H3,(H,25,27). The van der Waals surface area contributed by atoms with Gasteiger partial charge in [-0.2, -0.15) is 0 Å². The Morgan fingerprint density at radius 2 is 2.00 bits per heavy atom. The summed E-state index contributed by atoms with van der Waals surface area (Å²) in [6, 6.07) is 14.0. The fourth-order valence-electron chi connectivity index (χ4n) is 3.92. The number of amides is 1. The SMILES string of the molecule is Cn1ccnc1C(NC(=O)C1CCCc2ccccc21)c1ccccc1F. The second-order valence-corrected chi connectivity index (χ2v) is 7.00. The van der Waals surface area contributed by atoms with Gasteiger partial charge in [0.1, 0.15) is 17.7 Å². The van der Waals surface area contributed by atoms with Crippen molar-refractivity contribution in [1.82, 2.24) is 14.9 Å². The van der Waals surface area contributed by atoms with Crippen LogP contribution in [0, 0.1) is 5.82 Å². The van der Waals surface area contributed by atoms with E-state index in [1.54, 1.807) is 30.6 Å². The van der Waals surface area contributed by atoms with Crippen molar-refractivity contribution in [2.75, 3.05) is 0 Å². The molecule has 2 unspecified atom stereocenters. The predicted octanol–water partition coefficient (Wildman–Crippen LogP) is 3.88. The zero-order valence-electron chi connectivity index (χ0n) is 15.2. The summed E-state index contributed by atoms with van der Waals surface area (Å²) in [6.45, 7) is 0. The first-order valence-electron chi connectivity index (χ1n) is 9.25. The number of hydrogen-bond acceptors (Lipinski definition) is 2. The Labute approximate surface area is 158 Å². The number of carbonyl (C=O) groups excluding carboxylic acids is 1. The molecule has 0 saturated heterocycles. The van der Waals surface area contributed by atoms with Crippen LogP contribution in [0.2, 0.25) is 0 Å². The number of fused-ring (bicyclic) bond motifs is 1. The molecule has 1 aromatic heterocycles. The van der Waals surface area contributed by atoms with Crippen molar-refractivity contribution >= 4 is 5.91 Å². The van der Waals surface area contributed by atoms with E-state index < -0.39 is 6.04 Å². The monoisotopic (exact) mass is 363 g/mol. The van der Waals surface area contributed by atoms with Crippen molar-refractivity contribution in [3.63, 3.8) is 0 Å². The summed E-state index contributed by atoms with van der Waals surface area (Å²) < 4.78 is 16.3. The summed E-state index contributed by atoms with van der Waals surface area (Å²) in [5.74, 6) is -0.0460. The summed E-state index contributed by atoms with van der Waals surface area (Å²) in [5, 5.41) is 3.07. The van der Waals surface area contributed by atoms with Crippen LogP contribution in [-0.4, -0.2) is 15.5 Å². The van der Waals surface area contributed by atoms with Gasteiger partial charge in [-0.3, -0.25) is 4.79 Å². The second-order valence-electron chi connectivity index (χ2n) is 7.00. The molecule has 2 aromatic carbocycles. The highest BCUT2D eigenvalue weighted by Gasteiger charge is 2.30. The highest BCUT2D eigenvalue weighted by atomic mass is 19.1. The number of nitrogens with one attached hydrogen (secondary N) is 1. The fourth-order valence-corrected chi connectivity index (χ4v) is 3.92. The Morgan fingerprint density at radius 3 is 2.78 bits per heavy atom. The Hall–Kier alpha value is -2.95. The number of halogens is 1. The quantitative estimate of drug-likeness (QED) is 0.765. The molecule has 1 aliphatic rings. The van der Waals surface area contributed by atoms with E-state index in [0.717, 1.165) is 24.8 Å². The van der Waals surface area contributed by atoms with Crippen molar-refractivity contribution in [3.8, 4) is 0 Å². The molecule has 4 nitrogen and oxygen atoms in total. The van der Waals surface area contributed by atoms with Gasteiger partial charge in [-0.25, -0.2) is 9.37 Å². The lowest BCUT2D eigenvalue weighted by Crippen LogP contribution is -2.36. The van der Waals surface area contributed by atoms with Gasteiger partial charge in [0, 0.05) is 25.0 Å². The highest BCUT2D eigenvalue weighted by molar-refractivity contribution is 5.85. The number of rotatable bonds is 4. The first-order chi connectivity index (χ1) is 13.1. The molecule has 0 aliphatic heterocycles. The van der Waals surface area contributed by atoms with Gasteiger partial charge >= 0.3 is 0 Å². The van der Waals surface area contributed by atoms with E-state index in [9.17, 15) is 9.18 Å². The van der Waals surface area contributed by atoms with Crippen molar-refractivity contribution < 1.29 is 9.18 Å². The maximum atomic E-state index is 14.5. The number of nitrogens with zero attached hydrogens (tertiary/aromatic N) is 2. The van der Waals surface area contributed by atoms with E-state index in [-0.39, 0.29) is 17.6 Å². The smallest absolute Gasteiger partial charge is 0.228 e. The minimum atomic E-state index is -0.632. The number of imidazole rings is 1. The van der Waals surface area contributed by atoms with E-state index in [4.69, 9.17) is 0 Å². The van der Waals surface area contributed by atoms with Gasteiger partial charge < -0.3 is 9.88 Å². The van der Waals surface area contributed by atoms with Crippen molar-refractivity contribution in [1.29, 1.82) is 0 Å². The van der Waals surface area contributed by atoms with Crippen LogP contribution in [0.25, 0.3) is 0 Å². The molecule has 0 radical (unpaired) electrons. The largest absolute Gasteiger partial charge is 0.341 e. The maximum Gasteiger partial charge on any atom is 0.228 e. The average Bonchev–Trinajstić information content (AvgIpc) is 3.12. The zero-order chi connectivity index (χ0) is 18.8. The molecule has 0 bridgehead atoms. The lowest BCUT2D eigenvalue weighted by atomic mass is 9.82. The number of aromatic nitrogens is 2. The van der Waals surface area contributed by atoms with Gasteiger partial charge in [0.25, 0.3) is 0 Å². The van der Waals surface area contributed by atoms with Crippen molar-refractivity contribution in [3.05, 3.63) is 89.3 Å². The summed E-state index contributed by atoms with van der Waals surface area (Å²) in [4.78, 5) is 17.5. The first-order valence-corrected chi connectivity index (χ1v) is 9.25. The molecule has 1 heterocycles. The molecule has 1 aliphatic carbocycles. The molecule has 5 heteroatoms. The lowest BCUT2D eigenvalue weighted by molar-refractivity contribution is -0.123. The molecule has 3 aromatic rings. The lowest BCUT2D eigenvalue weighted by Gasteiger charge is -2.27. The normalized spacial score (nSPS) is 17.2. The maximum absolute atomic E-state index is 14.5. The summed E-state index contributed by atoms with van der Waals surface area (Å²) in [5.41, 5.74) is 2.72. The van der Waals surface area contributed by atoms with Crippen LogP contribution in [0.3, 0.4) is 0 Å². The molecule has 2 atom stereocenters. The van der Waals surface area contributed by atoms with Gasteiger partial charge in [-0.15, -0.1) is 0 Å². The minimum Gasteiger partial charge on any atom is -0.341 e. The van der Waals surface area contributed by atoms with Crippen molar-refractivity contribution in [2.24, 2.45) is 7.05 Å². The Kier molecular flexibility index (Phi) is 4.75.